The quantitative estimate of drug-likeness (QED) is 0.576. The van der Waals surface area contributed by atoms with E-state index in [4.69, 9.17) is 11.6 Å². The van der Waals surface area contributed by atoms with E-state index in [1.807, 2.05) is 37.3 Å². The van der Waals surface area contributed by atoms with Gasteiger partial charge < -0.3 is 5.32 Å². The normalized spacial score (nSPS) is 11.2. The number of fused-ring (bicyclic) bond motifs is 3. The van der Waals surface area contributed by atoms with Crippen LogP contribution in [0.2, 0.25) is 5.02 Å². The molecular weight excluding hydrogens is 370 g/mol. The van der Waals surface area contributed by atoms with Gasteiger partial charge in [-0.2, -0.15) is 0 Å². The number of aryl methyl sites for hydroxylation is 1. The van der Waals surface area contributed by atoms with Gasteiger partial charge in [-0.25, -0.2) is 4.98 Å². The molecule has 0 saturated heterocycles. The van der Waals surface area contributed by atoms with Gasteiger partial charge in [-0.3, -0.25) is 14.2 Å². The van der Waals surface area contributed by atoms with E-state index >= 15 is 0 Å². The minimum absolute atomic E-state index is 0.109. The SMILES string of the molecule is Cc1ccc(Cl)cc1NC(=O)Cn1cnc2c(sc3ccccc32)c1=O. The summed E-state index contributed by atoms with van der Waals surface area (Å²) in [6, 6.07) is 13.0. The number of nitrogens with zero attached hydrogens (tertiary/aromatic N) is 2. The zero-order valence-corrected chi connectivity index (χ0v) is 15.4. The van der Waals surface area contributed by atoms with Gasteiger partial charge in [0.1, 0.15) is 11.2 Å². The zero-order valence-electron chi connectivity index (χ0n) is 13.8. The summed E-state index contributed by atoms with van der Waals surface area (Å²) >= 11 is 7.37. The molecule has 1 N–H and O–H groups in total. The topological polar surface area (TPSA) is 64.0 Å². The maximum atomic E-state index is 12.7. The number of halogens is 1. The van der Waals surface area contributed by atoms with Gasteiger partial charge in [-0.1, -0.05) is 35.9 Å². The number of benzene rings is 2. The molecule has 0 radical (unpaired) electrons. The molecule has 5 nitrogen and oxygen atoms in total. The Labute approximate surface area is 157 Å². The molecule has 0 saturated carbocycles. The maximum absolute atomic E-state index is 12.7. The smallest absolute Gasteiger partial charge is 0.271 e. The molecule has 130 valence electrons. The second-order valence-electron chi connectivity index (χ2n) is 5.96. The molecule has 0 aliphatic heterocycles. The lowest BCUT2D eigenvalue weighted by Crippen LogP contribution is -2.27. The van der Waals surface area contributed by atoms with Crippen LogP contribution in [0.4, 0.5) is 5.69 Å². The summed E-state index contributed by atoms with van der Waals surface area (Å²) in [5, 5.41) is 4.29. The van der Waals surface area contributed by atoms with Gasteiger partial charge in [0.15, 0.2) is 0 Å². The van der Waals surface area contributed by atoms with Crippen LogP contribution in [0.1, 0.15) is 5.56 Å². The van der Waals surface area contributed by atoms with Crippen LogP contribution < -0.4 is 10.9 Å². The Morgan fingerprint density at radius 1 is 1.27 bits per heavy atom. The fraction of sp³-hybridized carbons (Fsp3) is 0.105. The number of hydrogen-bond acceptors (Lipinski definition) is 4. The van der Waals surface area contributed by atoms with Crippen LogP contribution in [0.15, 0.2) is 53.6 Å². The average Bonchev–Trinajstić information content (AvgIpc) is 3.00. The summed E-state index contributed by atoms with van der Waals surface area (Å²) in [5.74, 6) is -0.306. The van der Waals surface area contributed by atoms with Gasteiger partial charge in [0.05, 0.1) is 11.8 Å². The Bertz CT molecular complexity index is 1210. The third-order valence-corrected chi connectivity index (χ3v) is 5.52. The number of thiophene rings is 1. The van der Waals surface area contributed by atoms with E-state index in [2.05, 4.69) is 10.3 Å². The highest BCUT2D eigenvalue weighted by Gasteiger charge is 2.13. The molecule has 2 aromatic carbocycles. The highest BCUT2D eigenvalue weighted by atomic mass is 35.5. The number of aromatic nitrogens is 2. The molecule has 0 bridgehead atoms. The molecular formula is C19H14ClN3O2S. The molecule has 2 aromatic heterocycles. The van der Waals surface area contributed by atoms with E-state index < -0.39 is 0 Å². The molecule has 26 heavy (non-hydrogen) atoms. The molecule has 1 amide bonds. The molecule has 0 aliphatic carbocycles. The van der Waals surface area contributed by atoms with Gasteiger partial charge >= 0.3 is 0 Å². The van der Waals surface area contributed by atoms with Crippen LogP contribution in [0.25, 0.3) is 20.3 Å². The van der Waals surface area contributed by atoms with Crippen LogP contribution in [0.5, 0.6) is 0 Å². The van der Waals surface area contributed by atoms with Crippen LogP contribution in [-0.2, 0) is 11.3 Å². The van der Waals surface area contributed by atoms with Gasteiger partial charge in [0, 0.05) is 20.8 Å². The Kier molecular flexibility index (Phi) is 4.22. The summed E-state index contributed by atoms with van der Waals surface area (Å²) in [6.07, 6.45) is 1.42. The predicted octanol–water partition coefficient (Wildman–Crippen LogP) is 4.21. The summed E-state index contributed by atoms with van der Waals surface area (Å²) in [5.41, 5.74) is 1.99. The minimum Gasteiger partial charge on any atom is -0.324 e. The number of anilines is 1. The van der Waals surface area contributed by atoms with Crippen molar-refractivity contribution in [1.29, 1.82) is 0 Å². The number of carbonyl (C=O) groups excluding carboxylic acids is 1. The van der Waals surface area contributed by atoms with Gasteiger partial charge in [0.2, 0.25) is 5.91 Å². The van der Waals surface area contributed by atoms with Crippen molar-refractivity contribution in [1.82, 2.24) is 9.55 Å². The number of rotatable bonds is 3. The highest BCUT2D eigenvalue weighted by Crippen LogP contribution is 2.29. The Hall–Kier alpha value is -2.70. The van der Waals surface area contributed by atoms with Crippen LogP contribution in [0, 0.1) is 6.92 Å². The molecule has 0 fully saturated rings. The first kappa shape index (κ1) is 16.8. The van der Waals surface area contributed by atoms with Crippen molar-refractivity contribution in [3.63, 3.8) is 0 Å². The van der Waals surface area contributed by atoms with E-state index in [-0.39, 0.29) is 18.0 Å². The lowest BCUT2D eigenvalue weighted by molar-refractivity contribution is -0.116. The summed E-state index contributed by atoms with van der Waals surface area (Å²) in [7, 11) is 0. The highest BCUT2D eigenvalue weighted by molar-refractivity contribution is 7.25. The van der Waals surface area contributed by atoms with Crippen molar-refractivity contribution < 1.29 is 4.79 Å². The maximum Gasteiger partial charge on any atom is 0.271 e. The van der Waals surface area contributed by atoms with Crippen molar-refractivity contribution in [3.05, 3.63) is 69.7 Å². The summed E-state index contributed by atoms with van der Waals surface area (Å²) in [4.78, 5) is 29.5. The third kappa shape index (κ3) is 2.98. The van der Waals surface area contributed by atoms with E-state index in [9.17, 15) is 9.59 Å². The van der Waals surface area contributed by atoms with Crippen molar-refractivity contribution in [3.8, 4) is 0 Å². The second kappa shape index (κ2) is 6.55. The minimum atomic E-state index is -0.306. The van der Waals surface area contributed by atoms with Crippen molar-refractivity contribution in [2.75, 3.05) is 5.32 Å². The molecule has 7 heteroatoms. The van der Waals surface area contributed by atoms with E-state index in [1.165, 1.54) is 22.2 Å². The molecule has 4 aromatic rings. The Morgan fingerprint density at radius 3 is 2.92 bits per heavy atom. The first-order valence-electron chi connectivity index (χ1n) is 7.95. The van der Waals surface area contributed by atoms with Gasteiger partial charge in [-0.15, -0.1) is 11.3 Å². The lowest BCUT2D eigenvalue weighted by atomic mass is 10.2. The third-order valence-electron chi connectivity index (χ3n) is 4.14. The molecule has 0 spiro atoms. The molecule has 4 rings (SSSR count). The molecule has 0 atom stereocenters. The first-order valence-corrected chi connectivity index (χ1v) is 9.15. The molecule has 2 heterocycles. The predicted molar refractivity (Wildman–Crippen MR) is 106 cm³/mol. The van der Waals surface area contributed by atoms with Crippen LogP contribution in [0.3, 0.4) is 0 Å². The summed E-state index contributed by atoms with van der Waals surface area (Å²) < 4.78 is 2.89. The number of amides is 1. The number of nitrogens with one attached hydrogen (secondary N) is 1. The second-order valence-corrected chi connectivity index (χ2v) is 7.45. The standard InChI is InChI=1S/C19H14ClN3O2S/c1-11-6-7-12(20)8-14(11)22-16(24)9-23-10-21-17-13-4-2-3-5-15(13)26-18(17)19(23)25/h2-8,10H,9H2,1H3,(H,22,24). The number of hydrogen-bond donors (Lipinski definition) is 1. The van der Waals surface area contributed by atoms with E-state index in [0.29, 0.717) is 20.9 Å². The van der Waals surface area contributed by atoms with Crippen LogP contribution in [-0.4, -0.2) is 15.5 Å². The average molecular weight is 384 g/mol. The fourth-order valence-corrected chi connectivity index (χ4v) is 4.08. The first-order chi connectivity index (χ1) is 12.5. The monoisotopic (exact) mass is 383 g/mol. The van der Waals surface area contributed by atoms with E-state index in [0.717, 1.165) is 15.6 Å². The largest absolute Gasteiger partial charge is 0.324 e. The number of carbonyl (C=O) groups is 1. The van der Waals surface area contributed by atoms with Crippen molar-refractivity contribution >= 4 is 54.8 Å². The summed E-state index contributed by atoms with van der Waals surface area (Å²) in [6.45, 7) is 1.77. The molecule has 0 aliphatic rings. The van der Waals surface area contributed by atoms with Crippen molar-refractivity contribution in [2.45, 2.75) is 13.5 Å². The zero-order chi connectivity index (χ0) is 18.3. The van der Waals surface area contributed by atoms with Crippen molar-refractivity contribution in [2.24, 2.45) is 0 Å². The lowest BCUT2D eigenvalue weighted by Gasteiger charge is -2.10. The Morgan fingerprint density at radius 2 is 2.08 bits per heavy atom. The fourth-order valence-electron chi connectivity index (χ4n) is 2.80. The van der Waals surface area contributed by atoms with Crippen LogP contribution >= 0.6 is 22.9 Å². The van der Waals surface area contributed by atoms with Gasteiger partial charge in [-0.05, 0) is 30.7 Å². The molecule has 0 unspecified atom stereocenters. The Balaban J connectivity index is 1.65. The van der Waals surface area contributed by atoms with E-state index in [1.54, 1.807) is 12.1 Å². The van der Waals surface area contributed by atoms with Gasteiger partial charge in [0.25, 0.3) is 5.56 Å².